The Morgan fingerprint density at radius 1 is 1.55 bits per heavy atom. The van der Waals surface area contributed by atoms with Crippen molar-refractivity contribution in [2.75, 3.05) is 12.4 Å². The molecule has 3 aromatic rings. The molecular weight excluding hydrogens is 282 g/mol. The van der Waals surface area contributed by atoms with Crippen molar-refractivity contribution in [3.8, 4) is 16.6 Å². The van der Waals surface area contributed by atoms with E-state index in [1.165, 1.54) is 18.4 Å². The minimum Gasteiger partial charge on any atom is -0.466 e. The van der Waals surface area contributed by atoms with E-state index in [9.17, 15) is 4.79 Å². The van der Waals surface area contributed by atoms with Crippen molar-refractivity contribution in [3.63, 3.8) is 0 Å². The highest BCUT2D eigenvalue weighted by Gasteiger charge is 2.16. The summed E-state index contributed by atoms with van der Waals surface area (Å²) in [7, 11) is 1.43. The number of anilines is 1. The van der Waals surface area contributed by atoms with Gasteiger partial charge in [-0.2, -0.15) is 4.98 Å². The van der Waals surface area contributed by atoms with Gasteiger partial charge in [-0.25, -0.2) is 5.10 Å². The number of carbonyl (C=O) groups excluding carboxylic acids is 1. The number of aromatic amines is 1. The van der Waals surface area contributed by atoms with Crippen LogP contribution in [0.5, 0.6) is 6.01 Å². The van der Waals surface area contributed by atoms with E-state index in [1.807, 2.05) is 17.5 Å². The highest BCUT2D eigenvalue weighted by Crippen LogP contribution is 2.25. The van der Waals surface area contributed by atoms with Gasteiger partial charge in [0.15, 0.2) is 11.5 Å². The largest absolute Gasteiger partial charge is 0.466 e. The molecule has 0 atom stereocenters. The van der Waals surface area contributed by atoms with Gasteiger partial charge in [0.25, 0.3) is 5.91 Å². The van der Waals surface area contributed by atoms with Crippen molar-refractivity contribution in [1.82, 2.24) is 20.3 Å². The van der Waals surface area contributed by atoms with Gasteiger partial charge in [-0.3, -0.25) is 10.1 Å². The minimum absolute atomic E-state index is 0.139. The van der Waals surface area contributed by atoms with Gasteiger partial charge >= 0.3 is 6.01 Å². The fourth-order valence-electron chi connectivity index (χ4n) is 1.48. The Morgan fingerprint density at radius 2 is 2.45 bits per heavy atom. The molecule has 3 heterocycles. The standard InChI is InChI=1S/C11H9N5O3S/c1-18-11-13-10(14-15-11)12-9(17)6-5-7(19-16-6)8-3-2-4-20-8/h2-5H,1H3,(H2,12,13,14,15,17). The predicted octanol–water partition coefficient (Wildman–Crippen LogP) is 1.78. The number of rotatable bonds is 4. The number of hydrogen-bond donors (Lipinski definition) is 2. The van der Waals surface area contributed by atoms with E-state index >= 15 is 0 Å². The molecule has 0 radical (unpaired) electrons. The van der Waals surface area contributed by atoms with E-state index in [2.05, 4.69) is 25.7 Å². The Balaban J connectivity index is 1.74. The molecule has 0 spiro atoms. The molecule has 0 aliphatic rings. The molecule has 3 rings (SSSR count). The molecule has 102 valence electrons. The second kappa shape index (κ2) is 5.13. The lowest BCUT2D eigenvalue weighted by molar-refractivity contribution is 0.101. The molecule has 20 heavy (non-hydrogen) atoms. The van der Waals surface area contributed by atoms with Crippen LogP contribution in [0.4, 0.5) is 5.95 Å². The maximum absolute atomic E-state index is 11.9. The van der Waals surface area contributed by atoms with Crippen molar-refractivity contribution < 1.29 is 14.1 Å². The van der Waals surface area contributed by atoms with Crippen molar-refractivity contribution in [1.29, 1.82) is 0 Å². The first kappa shape index (κ1) is 12.4. The molecular formula is C11H9N5O3S. The van der Waals surface area contributed by atoms with Crippen molar-refractivity contribution in [2.24, 2.45) is 0 Å². The van der Waals surface area contributed by atoms with Crippen LogP contribution < -0.4 is 10.1 Å². The van der Waals surface area contributed by atoms with Gasteiger partial charge in [0, 0.05) is 6.07 Å². The molecule has 0 aliphatic heterocycles. The number of carbonyl (C=O) groups is 1. The van der Waals surface area contributed by atoms with E-state index in [0.29, 0.717) is 5.76 Å². The van der Waals surface area contributed by atoms with Crippen LogP contribution in [0.25, 0.3) is 10.6 Å². The summed E-state index contributed by atoms with van der Waals surface area (Å²) in [4.78, 5) is 16.7. The highest BCUT2D eigenvalue weighted by atomic mass is 32.1. The predicted molar refractivity (Wildman–Crippen MR) is 70.7 cm³/mol. The van der Waals surface area contributed by atoms with Gasteiger partial charge in [0.05, 0.1) is 12.0 Å². The van der Waals surface area contributed by atoms with Gasteiger partial charge in [-0.1, -0.05) is 11.2 Å². The van der Waals surface area contributed by atoms with Gasteiger partial charge in [0.1, 0.15) is 0 Å². The Hall–Kier alpha value is -2.68. The average Bonchev–Trinajstić information content (AvgIpc) is 3.19. The molecule has 0 aliphatic carbocycles. The summed E-state index contributed by atoms with van der Waals surface area (Å²) in [5.41, 5.74) is 0.156. The molecule has 2 N–H and O–H groups in total. The first-order valence-electron chi connectivity index (χ1n) is 5.54. The third-order valence-electron chi connectivity index (χ3n) is 2.39. The average molecular weight is 291 g/mol. The maximum Gasteiger partial charge on any atom is 0.336 e. The van der Waals surface area contributed by atoms with Gasteiger partial charge in [0.2, 0.25) is 5.95 Å². The Morgan fingerprint density at radius 3 is 3.15 bits per heavy atom. The van der Waals surface area contributed by atoms with Crippen LogP contribution >= 0.6 is 11.3 Å². The molecule has 0 saturated carbocycles. The van der Waals surface area contributed by atoms with E-state index in [-0.39, 0.29) is 17.7 Å². The Bertz CT molecular complexity index is 718. The van der Waals surface area contributed by atoms with Crippen LogP contribution in [0, 0.1) is 0 Å². The third-order valence-corrected chi connectivity index (χ3v) is 3.27. The molecule has 0 saturated heterocycles. The number of aromatic nitrogens is 4. The third kappa shape index (κ3) is 2.38. The smallest absolute Gasteiger partial charge is 0.336 e. The van der Waals surface area contributed by atoms with Crippen LogP contribution in [0.3, 0.4) is 0 Å². The monoisotopic (exact) mass is 291 g/mol. The molecule has 0 bridgehead atoms. The van der Waals surface area contributed by atoms with Gasteiger partial charge < -0.3 is 9.26 Å². The van der Waals surface area contributed by atoms with E-state index in [0.717, 1.165) is 4.88 Å². The van der Waals surface area contributed by atoms with Crippen LogP contribution in [-0.4, -0.2) is 33.4 Å². The summed E-state index contributed by atoms with van der Waals surface area (Å²) in [5.74, 6) is 0.267. The van der Waals surface area contributed by atoms with E-state index < -0.39 is 5.91 Å². The number of thiophene rings is 1. The number of nitrogens with one attached hydrogen (secondary N) is 2. The fraction of sp³-hybridized carbons (Fsp3) is 0.0909. The summed E-state index contributed by atoms with van der Waals surface area (Å²) in [6, 6.07) is 5.48. The van der Waals surface area contributed by atoms with Crippen LogP contribution in [0.2, 0.25) is 0 Å². The number of nitrogens with zero attached hydrogens (tertiary/aromatic N) is 3. The second-order valence-corrected chi connectivity index (χ2v) is 4.63. The summed E-state index contributed by atoms with van der Waals surface area (Å²) < 4.78 is 9.92. The number of hydrogen-bond acceptors (Lipinski definition) is 7. The molecule has 9 heteroatoms. The molecule has 0 aromatic carbocycles. The quantitative estimate of drug-likeness (QED) is 0.759. The SMILES string of the molecule is COc1n[nH]c(NC(=O)c2cc(-c3cccs3)on2)n1. The van der Waals surface area contributed by atoms with Crippen LogP contribution in [0.15, 0.2) is 28.1 Å². The minimum atomic E-state index is -0.449. The fourth-order valence-corrected chi connectivity index (χ4v) is 2.16. The first-order chi connectivity index (χ1) is 9.76. The topological polar surface area (TPSA) is 106 Å². The summed E-state index contributed by atoms with van der Waals surface area (Å²) >= 11 is 1.50. The summed E-state index contributed by atoms with van der Waals surface area (Å²) in [6.07, 6.45) is 0. The molecule has 8 nitrogen and oxygen atoms in total. The summed E-state index contributed by atoms with van der Waals surface area (Å²) in [6.45, 7) is 0. The first-order valence-corrected chi connectivity index (χ1v) is 6.42. The number of H-pyrrole nitrogens is 1. The summed E-state index contributed by atoms with van der Waals surface area (Å²) in [5, 5.41) is 14.4. The van der Waals surface area contributed by atoms with E-state index in [4.69, 9.17) is 9.26 Å². The Labute approximate surface area is 116 Å². The lowest BCUT2D eigenvalue weighted by Crippen LogP contribution is -2.13. The zero-order valence-corrected chi connectivity index (χ0v) is 11.1. The van der Waals surface area contributed by atoms with Crippen molar-refractivity contribution >= 4 is 23.2 Å². The van der Waals surface area contributed by atoms with Crippen molar-refractivity contribution in [2.45, 2.75) is 0 Å². The van der Waals surface area contributed by atoms with Crippen LogP contribution in [0.1, 0.15) is 10.5 Å². The second-order valence-electron chi connectivity index (χ2n) is 3.68. The molecule has 3 aromatic heterocycles. The maximum atomic E-state index is 11.9. The number of ether oxygens (including phenoxy) is 1. The van der Waals surface area contributed by atoms with Gasteiger partial charge in [-0.05, 0) is 11.4 Å². The zero-order chi connectivity index (χ0) is 13.9. The van der Waals surface area contributed by atoms with E-state index in [1.54, 1.807) is 6.07 Å². The highest BCUT2D eigenvalue weighted by molar-refractivity contribution is 7.13. The van der Waals surface area contributed by atoms with Crippen LogP contribution in [-0.2, 0) is 0 Å². The van der Waals surface area contributed by atoms with Gasteiger partial charge in [-0.15, -0.1) is 16.4 Å². The molecule has 0 unspecified atom stereocenters. The van der Waals surface area contributed by atoms with Crippen molar-refractivity contribution in [3.05, 3.63) is 29.3 Å². The number of methoxy groups -OCH3 is 1. The normalized spacial score (nSPS) is 10.4. The Kier molecular flexibility index (Phi) is 3.17. The lowest BCUT2D eigenvalue weighted by atomic mass is 10.3. The lowest BCUT2D eigenvalue weighted by Gasteiger charge is -1.95. The molecule has 0 fully saturated rings. The number of amides is 1. The zero-order valence-electron chi connectivity index (χ0n) is 10.3. The molecule has 1 amide bonds.